The number of hydrogen-bond acceptors (Lipinski definition) is 3. The standard InChI is InChI=1S/C11H19BNO3/c1-4-8(11(14)15)9-5-6-10(12-16-9)13-7(2)3/h8-10,13H,2,4-6H2,1,3H3,(H,14,15). The Hall–Kier alpha value is -0.965. The molecule has 2 N–H and O–H groups in total. The van der Waals surface area contributed by atoms with Gasteiger partial charge in [0.05, 0.1) is 12.0 Å². The molecule has 0 aromatic rings. The van der Waals surface area contributed by atoms with Gasteiger partial charge in [-0.25, -0.2) is 0 Å². The van der Waals surface area contributed by atoms with E-state index in [0.717, 1.165) is 18.5 Å². The molecule has 0 aromatic carbocycles. The second kappa shape index (κ2) is 5.94. The SMILES string of the molecule is C=C(C)NC1[B]OC(C(CC)C(=O)O)CC1. The quantitative estimate of drug-likeness (QED) is 0.692. The summed E-state index contributed by atoms with van der Waals surface area (Å²) in [6.07, 6.45) is 2.07. The second-order valence-electron chi connectivity index (χ2n) is 4.27. The highest BCUT2D eigenvalue weighted by atomic mass is 16.4. The van der Waals surface area contributed by atoms with Gasteiger partial charge in [0.2, 0.25) is 0 Å². The van der Waals surface area contributed by atoms with Crippen LogP contribution in [0.2, 0.25) is 0 Å². The molecule has 0 saturated carbocycles. The van der Waals surface area contributed by atoms with Crippen molar-refractivity contribution in [1.82, 2.24) is 5.32 Å². The largest absolute Gasteiger partial charge is 0.481 e. The van der Waals surface area contributed by atoms with Crippen molar-refractivity contribution in [1.29, 1.82) is 0 Å². The van der Waals surface area contributed by atoms with Crippen molar-refractivity contribution in [3.8, 4) is 0 Å². The maximum absolute atomic E-state index is 11.0. The van der Waals surface area contributed by atoms with Crippen LogP contribution < -0.4 is 5.32 Å². The average molecular weight is 224 g/mol. The summed E-state index contributed by atoms with van der Waals surface area (Å²) in [6, 6.07) is 0. The van der Waals surface area contributed by atoms with Crippen LogP contribution in [-0.2, 0) is 9.45 Å². The fourth-order valence-electron chi connectivity index (χ4n) is 1.99. The molecule has 0 aromatic heterocycles. The molecule has 1 aliphatic rings. The summed E-state index contributed by atoms with van der Waals surface area (Å²) < 4.78 is 5.50. The Morgan fingerprint density at radius 2 is 2.38 bits per heavy atom. The lowest BCUT2D eigenvalue weighted by Crippen LogP contribution is -2.44. The molecule has 4 nitrogen and oxygen atoms in total. The number of rotatable bonds is 5. The number of nitrogens with one attached hydrogen (secondary N) is 1. The molecule has 3 atom stereocenters. The number of hydrogen-bond donors (Lipinski definition) is 2. The second-order valence-corrected chi connectivity index (χ2v) is 4.27. The Morgan fingerprint density at radius 1 is 1.69 bits per heavy atom. The summed E-state index contributed by atoms with van der Waals surface area (Å²) in [5, 5.41) is 12.2. The van der Waals surface area contributed by atoms with Crippen molar-refractivity contribution >= 4 is 13.5 Å². The molecule has 1 rings (SSSR count). The van der Waals surface area contributed by atoms with Gasteiger partial charge in [0.25, 0.3) is 0 Å². The molecule has 5 heteroatoms. The highest BCUT2D eigenvalue weighted by Gasteiger charge is 2.32. The maximum atomic E-state index is 11.0. The smallest absolute Gasteiger partial charge is 0.317 e. The molecular formula is C11H19BNO3. The number of carbonyl (C=O) groups is 1. The van der Waals surface area contributed by atoms with E-state index < -0.39 is 11.9 Å². The highest BCUT2D eigenvalue weighted by molar-refractivity contribution is 6.30. The van der Waals surface area contributed by atoms with Crippen molar-refractivity contribution in [2.45, 2.75) is 45.2 Å². The van der Waals surface area contributed by atoms with Crippen LogP contribution >= 0.6 is 0 Å². The Balaban J connectivity index is 2.41. The van der Waals surface area contributed by atoms with Crippen LogP contribution in [0.25, 0.3) is 0 Å². The zero-order valence-corrected chi connectivity index (χ0v) is 9.90. The highest BCUT2D eigenvalue weighted by Crippen LogP contribution is 2.22. The third-order valence-electron chi connectivity index (χ3n) is 2.82. The Kier molecular flexibility index (Phi) is 4.86. The van der Waals surface area contributed by atoms with Crippen molar-refractivity contribution in [2.75, 3.05) is 0 Å². The molecule has 0 bridgehead atoms. The van der Waals surface area contributed by atoms with Crippen LogP contribution in [0, 0.1) is 5.92 Å². The van der Waals surface area contributed by atoms with E-state index in [-0.39, 0.29) is 12.0 Å². The van der Waals surface area contributed by atoms with Gasteiger partial charge in [-0.3, -0.25) is 4.79 Å². The van der Waals surface area contributed by atoms with Crippen LogP contribution in [0.4, 0.5) is 0 Å². The topological polar surface area (TPSA) is 58.6 Å². The first-order valence-corrected chi connectivity index (χ1v) is 5.68. The van der Waals surface area contributed by atoms with Gasteiger partial charge in [-0.05, 0) is 31.9 Å². The van der Waals surface area contributed by atoms with Gasteiger partial charge in [-0.2, -0.15) is 0 Å². The van der Waals surface area contributed by atoms with E-state index in [2.05, 4.69) is 11.9 Å². The van der Waals surface area contributed by atoms with Gasteiger partial charge in [0.1, 0.15) is 0 Å². The van der Waals surface area contributed by atoms with E-state index in [1.165, 1.54) is 0 Å². The Morgan fingerprint density at radius 3 is 2.75 bits per heavy atom. The number of carboxylic acids is 1. The van der Waals surface area contributed by atoms with Crippen molar-refractivity contribution in [3.63, 3.8) is 0 Å². The lowest BCUT2D eigenvalue weighted by molar-refractivity contribution is -0.145. The Labute approximate surface area is 97.3 Å². The zero-order chi connectivity index (χ0) is 12.1. The molecule has 89 valence electrons. The monoisotopic (exact) mass is 224 g/mol. The zero-order valence-electron chi connectivity index (χ0n) is 9.90. The number of carboxylic acid groups (broad SMARTS) is 1. The minimum atomic E-state index is -0.771. The molecule has 1 saturated heterocycles. The molecule has 0 aliphatic carbocycles. The van der Waals surface area contributed by atoms with Crippen LogP contribution in [0.5, 0.6) is 0 Å². The number of allylic oxidation sites excluding steroid dienone is 1. The van der Waals surface area contributed by atoms with E-state index >= 15 is 0 Å². The molecule has 16 heavy (non-hydrogen) atoms. The van der Waals surface area contributed by atoms with Crippen LogP contribution in [-0.4, -0.2) is 30.6 Å². The van der Waals surface area contributed by atoms with E-state index in [1.54, 1.807) is 7.48 Å². The average Bonchev–Trinajstić information content (AvgIpc) is 2.20. The van der Waals surface area contributed by atoms with E-state index in [4.69, 9.17) is 9.76 Å². The van der Waals surface area contributed by atoms with Gasteiger partial charge >= 0.3 is 13.5 Å². The van der Waals surface area contributed by atoms with Gasteiger partial charge < -0.3 is 15.1 Å². The lowest BCUT2D eigenvalue weighted by atomic mass is 9.77. The molecule has 1 fully saturated rings. The van der Waals surface area contributed by atoms with E-state index in [0.29, 0.717) is 6.42 Å². The summed E-state index contributed by atoms with van der Waals surface area (Å²) in [6.45, 7) is 7.54. The summed E-state index contributed by atoms with van der Waals surface area (Å²) in [5.41, 5.74) is 0.897. The van der Waals surface area contributed by atoms with Crippen LogP contribution in [0.1, 0.15) is 33.1 Å². The van der Waals surface area contributed by atoms with Crippen molar-refractivity contribution in [2.24, 2.45) is 5.92 Å². The molecule has 1 heterocycles. The maximum Gasteiger partial charge on any atom is 0.317 e. The molecular weight excluding hydrogens is 205 g/mol. The summed E-state index contributed by atoms with van der Waals surface area (Å²) >= 11 is 0. The third-order valence-corrected chi connectivity index (χ3v) is 2.82. The van der Waals surface area contributed by atoms with Crippen molar-refractivity contribution in [3.05, 3.63) is 12.3 Å². The van der Waals surface area contributed by atoms with Gasteiger partial charge in [-0.1, -0.05) is 13.5 Å². The molecule has 1 radical (unpaired) electrons. The van der Waals surface area contributed by atoms with Gasteiger partial charge in [-0.15, -0.1) is 0 Å². The molecule has 1 aliphatic heterocycles. The summed E-state index contributed by atoms with van der Waals surface area (Å²) in [5.74, 6) is -1.02. The first-order valence-electron chi connectivity index (χ1n) is 5.68. The Bertz CT molecular complexity index is 262. The first-order chi connectivity index (χ1) is 7.54. The third kappa shape index (κ3) is 3.56. The van der Waals surface area contributed by atoms with E-state index in [9.17, 15) is 4.79 Å². The van der Waals surface area contributed by atoms with Crippen LogP contribution in [0.3, 0.4) is 0 Å². The van der Waals surface area contributed by atoms with Gasteiger partial charge in [0, 0.05) is 5.94 Å². The summed E-state index contributed by atoms with van der Waals surface area (Å²) in [7, 11) is 1.70. The molecule has 0 amide bonds. The predicted octanol–water partition coefficient (Wildman–Crippen LogP) is 1.34. The van der Waals surface area contributed by atoms with Crippen LogP contribution in [0.15, 0.2) is 12.3 Å². The minimum absolute atomic E-state index is 0.153. The molecule has 3 unspecified atom stereocenters. The minimum Gasteiger partial charge on any atom is -0.481 e. The normalized spacial score (nSPS) is 26.6. The molecule has 0 spiro atoms. The lowest BCUT2D eigenvalue weighted by Gasteiger charge is -2.32. The van der Waals surface area contributed by atoms with Gasteiger partial charge in [0.15, 0.2) is 0 Å². The summed E-state index contributed by atoms with van der Waals surface area (Å²) in [4.78, 5) is 11.0. The fourth-order valence-corrected chi connectivity index (χ4v) is 1.99. The predicted molar refractivity (Wildman–Crippen MR) is 63.0 cm³/mol. The van der Waals surface area contributed by atoms with Crippen molar-refractivity contribution < 1.29 is 14.6 Å². The van der Waals surface area contributed by atoms with E-state index in [1.807, 2.05) is 13.8 Å². The number of aliphatic carboxylic acids is 1. The first kappa shape index (κ1) is 13.1. The fraction of sp³-hybridized carbons (Fsp3) is 0.727.